The molecule has 0 aliphatic carbocycles. The highest BCUT2D eigenvalue weighted by Crippen LogP contribution is 2.26. The monoisotopic (exact) mass is 224 g/mol. The molecular formula is C11H12O5. The SMILES string of the molecule is CC(=O)COc1ccccc1OCC(=O)O. The second-order valence-electron chi connectivity index (χ2n) is 3.12. The Hall–Kier alpha value is -2.04. The Bertz CT molecular complexity index is 349. The van der Waals surface area contributed by atoms with Crippen LogP contribution in [0, 0.1) is 0 Å². The molecule has 0 atom stereocenters. The lowest BCUT2D eigenvalue weighted by Gasteiger charge is -2.09. The van der Waals surface area contributed by atoms with Crippen LogP contribution in [0.2, 0.25) is 0 Å². The van der Waals surface area contributed by atoms with Gasteiger partial charge in [-0.05, 0) is 19.1 Å². The molecule has 1 aromatic rings. The molecular weight excluding hydrogens is 212 g/mol. The minimum absolute atomic E-state index is 0.0621. The predicted octanol–water partition coefficient (Wildman–Crippen LogP) is 1.12. The number of rotatable bonds is 6. The number of carbonyl (C=O) groups is 2. The van der Waals surface area contributed by atoms with Gasteiger partial charge in [0, 0.05) is 0 Å². The van der Waals surface area contributed by atoms with Gasteiger partial charge in [0.05, 0.1) is 0 Å². The van der Waals surface area contributed by atoms with Crippen molar-refractivity contribution >= 4 is 11.8 Å². The predicted molar refractivity (Wildman–Crippen MR) is 55.7 cm³/mol. The lowest BCUT2D eigenvalue weighted by Crippen LogP contribution is -2.11. The summed E-state index contributed by atoms with van der Waals surface area (Å²) < 4.78 is 10.2. The van der Waals surface area contributed by atoms with Crippen molar-refractivity contribution in [2.24, 2.45) is 0 Å². The van der Waals surface area contributed by atoms with Crippen molar-refractivity contribution in [3.05, 3.63) is 24.3 Å². The zero-order chi connectivity index (χ0) is 12.0. The summed E-state index contributed by atoms with van der Waals surface area (Å²) in [6, 6.07) is 6.60. The Morgan fingerprint density at radius 3 is 2.06 bits per heavy atom. The molecule has 0 heterocycles. The molecule has 1 aromatic carbocycles. The Kier molecular flexibility index (Phi) is 4.32. The number of hydrogen-bond acceptors (Lipinski definition) is 4. The first-order valence-corrected chi connectivity index (χ1v) is 4.65. The number of hydrogen-bond donors (Lipinski definition) is 1. The minimum Gasteiger partial charge on any atom is -0.482 e. The molecule has 0 aromatic heterocycles. The lowest BCUT2D eigenvalue weighted by atomic mass is 10.3. The van der Waals surface area contributed by atoms with E-state index in [9.17, 15) is 9.59 Å². The highest BCUT2D eigenvalue weighted by molar-refractivity contribution is 5.77. The minimum atomic E-state index is -1.07. The van der Waals surface area contributed by atoms with Crippen LogP contribution >= 0.6 is 0 Å². The summed E-state index contributed by atoms with van der Waals surface area (Å²) >= 11 is 0. The van der Waals surface area contributed by atoms with Gasteiger partial charge in [-0.25, -0.2) is 4.79 Å². The fraction of sp³-hybridized carbons (Fsp3) is 0.273. The van der Waals surface area contributed by atoms with Crippen LogP contribution in [-0.4, -0.2) is 30.1 Å². The van der Waals surface area contributed by atoms with E-state index < -0.39 is 12.6 Å². The Morgan fingerprint density at radius 2 is 1.62 bits per heavy atom. The molecule has 0 amide bonds. The number of aliphatic carboxylic acids is 1. The maximum atomic E-state index is 10.7. The molecule has 86 valence electrons. The van der Waals surface area contributed by atoms with Gasteiger partial charge >= 0.3 is 5.97 Å². The molecule has 5 heteroatoms. The van der Waals surface area contributed by atoms with Crippen LogP contribution in [0.15, 0.2) is 24.3 Å². The van der Waals surface area contributed by atoms with E-state index >= 15 is 0 Å². The number of benzene rings is 1. The van der Waals surface area contributed by atoms with E-state index in [0.717, 1.165) is 0 Å². The van der Waals surface area contributed by atoms with E-state index in [-0.39, 0.29) is 12.4 Å². The third-order valence-corrected chi connectivity index (χ3v) is 1.63. The maximum Gasteiger partial charge on any atom is 0.341 e. The molecule has 0 spiro atoms. The number of Topliss-reactive ketones (excluding diaryl/α,β-unsaturated/α-hetero) is 1. The van der Waals surface area contributed by atoms with E-state index in [0.29, 0.717) is 11.5 Å². The summed E-state index contributed by atoms with van der Waals surface area (Å²) in [6.07, 6.45) is 0. The number of carboxylic acid groups (broad SMARTS) is 1. The summed E-state index contributed by atoms with van der Waals surface area (Å²) in [6.45, 7) is 0.897. The average Bonchev–Trinajstić information content (AvgIpc) is 2.24. The third-order valence-electron chi connectivity index (χ3n) is 1.63. The normalized spacial score (nSPS) is 9.56. The van der Waals surface area contributed by atoms with Gasteiger partial charge < -0.3 is 14.6 Å². The van der Waals surface area contributed by atoms with Crippen LogP contribution in [0.1, 0.15) is 6.92 Å². The lowest BCUT2D eigenvalue weighted by molar-refractivity contribution is -0.139. The first-order chi connectivity index (χ1) is 7.59. The topological polar surface area (TPSA) is 72.8 Å². The molecule has 0 radical (unpaired) electrons. The molecule has 0 aliphatic heterocycles. The molecule has 5 nitrogen and oxygen atoms in total. The van der Waals surface area contributed by atoms with Crippen molar-refractivity contribution in [1.82, 2.24) is 0 Å². The highest BCUT2D eigenvalue weighted by atomic mass is 16.5. The van der Waals surface area contributed by atoms with Crippen LogP contribution in [0.4, 0.5) is 0 Å². The van der Waals surface area contributed by atoms with Gasteiger partial charge in [0.25, 0.3) is 0 Å². The van der Waals surface area contributed by atoms with Crippen LogP contribution in [0.3, 0.4) is 0 Å². The van der Waals surface area contributed by atoms with E-state index in [2.05, 4.69) is 0 Å². The number of carbonyl (C=O) groups excluding carboxylic acids is 1. The zero-order valence-corrected chi connectivity index (χ0v) is 8.80. The van der Waals surface area contributed by atoms with Crippen molar-refractivity contribution in [1.29, 1.82) is 0 Å². The second-order valence-corrected chi connectivity index (χ2v) is 3.12. The largest absolute Gasteiger partial charge is 0.482 e. The van der Waals surface area contributed by atoms with Gasteiger partial charge in [-0.1, -0.05) is 12.1 Å². The molecule has 0 saturated heterocycles. The van der Waals surface area contributed by atoms with Gasteiger partial charge in [-0.15, -0.1) is 0 Å². The highest BCUT2D eigenvalue weighted by Gasteiger charge is 2.06. The van der Waals surface area contributed by atoms with Gasteiger partial charge in [0.15, 0.2) is 23.9 Å². The van der Waals surface area contributed by atoms with Gasteiger partial charge in [0.2, 0.25) is 0 Å². The fourth-order valence-electron chi connectivity index (χ4n) is 1.01. The Labute approximate surface area is 92.6 Å². The van der Waals surface area contributed by atoms with E-state index in [4.69, 9.17) is 14.6 Å². The van der Waals surface area contributed by atoms with Crippen molar-refractivity contribution in [2.45, 2.75) is 6.92 Å². The summed E-state index contributed by atoms with van der Waals surface area (Å²) in [4.78, 5) is 21.1. The molecule has 1 N–H and O–H groups in total. The van der Waals surface area contributed by atoms with Crippen molar-refractivity contribution < 1.29 is 24.2 Å². The fourth-order valence-corrected chi connectivity index (χ4v) is 1.01. The van der Waals surface area contributed by atoms with Gasteiger partial charge in [0.1, 0.15) is 6.61 Å². The Balaban J connectivity index is 2.67. The van der Waals surface area contributed by atoms with Crippen molar-refractivity contribution in [2.75, 3.05) is 13.2 Å². The number of carboxylic acids is 1. The van der Waals surface area contributed by atoms with Crippen LogP contribution < -0.4 is 9.47 Å². The average molecular weight is 224 g/mol. The van der Waals surface area contributed by atoms with Crippen LogP contribution in [0.25, 0.3) is 0 Å². The zero-order valence-electron chi connectivity index (χ0n) is 8.80. The summed E-state index contributed by atoms with van der Waals surface area (Å²) in [7, 11) is 0. The molecule has 0 aliphatic rings. The van der Waals surface area contributed by atoms with Gasteiger partial charge in [-0.3, -0.25) is 4.79 Å². The number of ketones is 1. The molecule has 16 heavy (non-hydrogen) atoms. The number of para-hydroxylation sites is 2. The van der Waals surface area contributed by atoms with Crippen LogP contribution in [0.5, 0.6) is 11.5 Å². The van der Waals surface area contributed by atoms with Gasteiger partial charge in [-0.2, -0.15) is 0 Å². The Morgan fingerprint density at radius 1 is 1.12 bits per heavy atom. The van der Waals surface area contributed by atoms with E-state index in [1.807, 2.05) is 0 Å². The quantitative estimate of drug-likeness (QED) is 0.783. The maximum absolute atomic E-state index is 10.7. The molecule has 0 saturated carbocycles. The molecule has 1 rings (SSSR count). The van der Waals surface area contributed by atoms with Crippen molar-refractivity contribution in [3.8, 4) is 11.5 Å². The smallest absolute Gasteiger partial charge is 0.341 e. The summed E-state index contributed by atoms with van der Waals surface area (Å²) in [5.74, 6) is -0.514. The molecule has 0 unspecified atom stereocenters. The van der Waals surface area contributed by atoms with Crippen molar-refractivity contribution in [3.63, 3.8) is 0 Å². The number of ether oxygens (including phenoxy) is 2. The molecule has 0 bridgehead atoms. The first kappa shape index (κ1) is 12.0. The second kappa shape index (κ2) is 5.75. The van der Waals surface area contributed by atoms with E-state index in [1.54, 1.807) is 24.3 Å². The summed E-state index contributed by atoms with van der Waals surface area (Å²) in [5, 5.41) is 8.46. The van der Waals surface area contributed by atoms with Crippen LogP contribution in [-0.2, 0) is 9.59 Å². The standard InChI is InChI=1S/C11H12O5/c1-8(12)6-15-9-4-2-3-5-10(9)16-7-11(13)14/h2-5H,6-7H2,1H3,(H,13,14). The summed E-state index contributed by atoms with van der Waals surface area (Å²) in [5.41, 5.74) is 0. The van der Waals surface area contributed by atoms with E-state index in [1.165, 1.54) is 6.92 Å². The first-order valence-electron chi connectivity index (χ1n) is 4.65. The third kappa shape index (κ3) is 4.00. The molecule has 0 fully saturated rings.